The fourth-order valence-corrected chi connectivity index (χ4v) is 10.2. The number of carbonyl (C=O) groups excluding carboxylic acids is 1. The molecule has 4 saturated carbocycles. The van der Waals surface area contributed by atoms with E-state index >= 15 is 0 Å². The van der Waals surface area contributed by atoms with Crippen LogP contribution in [0.1, 0.15) is 113 Å². The molecule has 0 N–H and O–H groups in total. The number of hydrogen-bond donors (Lipinski definition) is 0. The predicted molar refractivity (Wildman–Crippen MR) is 125 cm³/mol. The first-order chi connectivity index (χ1) is 13.9. The Bertz CT molecular complexity index is 786. The number of fused-ring (bicyclic) bond motifs is 7. The van der Waals surface area contributed by atoms with Crippen LogP contribution in [0.15, 0.2) is 11.6 Å². The van der Waals surface area contributed by atoms with Gasteiger partial charge in [0.05, 0.1) is 0 Å². The van der Waals surface area contributed by atoms with Crippen molar-refractivity contribution < 1.29 is 4.79 Å². The maximum Gasteiger partial charge on any atom is 0.138 e. The third-order valence-corrected chi connectivity index (χ3v) is 12.2. The van der Waals surface area contributed by atoms with Gasteiger partial charge in [0.15, 0.2) is 0 Å². The Morgan fingerprint density at radius 2 is 1.53 bits per heavy atom. The van der Waals surface area contributed by atoms with Crippen LogP contribution < -0.4 is 0 Å². The topological polar surface area (TPSA) is 17.1 Å². The van der Waals surface area contributed by atoms with Crippen molar-refractivity contribution in [1.82, 2.24) is 0 Å². The molecule has 168 valence electrons. The molecule has 0 amide bonds. The summed E-state index contributed by atoms with van der Waals surface area (Å²) >= 11 is 0. The molecule has 30 heavy (non-hydrogen) atoms. The van der Waals surface area contributed by atoms with Crippen molar-refractivity contribution in [3.8, 4) is 0 Å². The van der Waals surface area contributed by atoms with Crippen LogP contribution in [0.2, 0.25) is 0 Å². The van der Waals surface area contributed by atoms with Crippen molar-refractivity contribution in [2.75, 3.05) is 0 Å². The van der Waals surface area contributed by atoms with Gasteiger partial charge in [-0.15, -0.1) is 0 Å². The van der Waals surface area contributed by atoms with E-state index in [-0.39, 0.29) is 5.41 Å². The molecule has 0 spiro atoms. The molecule has 5 aliphatic carbocycles. The van der Waals surface area contributed by atoms with Crippen LogP contribution in [-0.2, 0) is 4.79 Å². The molecule has 4 fully saturated rings. The molecule has 1 nitrogen and oxygen atoms in total. The van der Waals surface area contributed by atoms with E-state index in [9.17, 15) is 4.79 Å². The molecule has 0 aromatic heterocycles. The molecule has 0 aromatic rings. The average Bonchev–Trinajstić information content (AvgIpc) is 2.65. The van der Waals surface area contributed by atoms with Gasteiger partial charge in [-0.3, -0.25) is 4.79 Å². The summed E-state index contributed by atoms with van der Waals surface area (Å²) < 4.78 is 0. The number of Topliss-reactive ketones (excluding diaryl/α,β-unsaturated/α-hetero) is 1. The Balaban J connectivity index is 1.56. The van der Waals surface area contributed by atoms with Crippen LogP contribution in [0.5, 0.6) is 0 Å². The van der Waals surface area contributed by atoms with Gasteiger partial charge in [-0.2, -0.15) is 0 Å². The highest BCUT2D eigenvalue weighted by Crippen LogP contribution is 2.74. The van der Waals surface area contributed by atoms with Crippen LogP contribution in [0.3, 0.4) is 0 Å². The van der Waals surface area contributed by atoms with Crippen LogP contribution >= 0.6 is 0 Å². The highest BCUT2D eigenvalue weighted by atomic mass is 16.1. The second-order valence-electron chi connectivity index (χ2n) is 14.3. The highest BCUT2D eigenvalue weighted by Gasteiger charge is 2.66. The van der Waals surface area contributed by atoms with Crippen LogP contribution in [-0.4, -0.2) is 5.78 Å². The lowest BCUT2D eigenvalue weighted by atomic mass is 9.34. The van der Waals surface area contributed by atoms with E-state index in [1.165, 1.54) is 51.4 Å². The Morgan fingerprint density at radius 1 is 0.833 bits per heavy atom. The lowest BCUT2D eigenvalue weighted by molar-refractivity contribution is -0.181. The Morgan fingerprint density at radius 3 is 2.27 bits per heavy atom. The van der Waals surface area contributed by atoms with E-state index in [4.69, 9.17) is 0 Å². The van der Waals surface area contributed by atoms with E-state index in [0.29, 0.717) is 33.4 Å². The first kappa shape index (κ1) is 21.3. The molecule has 0 bridgehead atoms. The van der Waals surface area contributed by atoms with Gasteiger partial charge in [0.2, 0.25) is 0 Å². The minimum atomic E-state index is -0.135. The third kappa shape index (κ3) is 2.56. The van der Waals surface area contributed by atoms with E-state index in [1.54, 1.807) is 0 Å². The predicted octanol–water partition coefficient (Wildman–Crippen LogP) is 7.99. The minimum absolute atomic E-state index is 0.135. The first-order valence-electron chi connectivity index (χ1n) is 13.1. The molecule has 5 rings (SSSR count). The van der Waals surface area contributed by atoms with Gasteiger partial charge in [-0.1, -0.05) is 60.1 Å². The highest BCUT2D eigenvalue weighted by molar-refractivity contribution is 5.85. The van der Waals surface area contributed by atoms with Crippen molar-refractivity contribution in [2.45, 2.75) is 113 Å². The Hall–Kier alpha value is -0.590. The van der Waals surface area contributed by atoms with Crippen molar-refractivity contribution in [2.24, 2.45) is 50.7 Å². The van der Waals surface area contributed by atoms with Crippen molar-refractivity contribution >= 4 is 5.78 Å². The summed E-state index contributed by atoms with van der Waals surface area (Å²) in [5.41, 5.74) is 3.33. The molecule has 5 aliphatic rings. The van der Waals surface area contributed by atoms with Gasteiger partial charge < -0.3 is 0 Å². The van der Waals surface area contributed by atoms with Crippen molar-refractivity contribution in [1.29, 1.82) is 0 Å². The second-order valence-corrected chi connectivity index (χ2v) is 14.3. The molecular formula is C29H46O. The van der Waals surface area contributed by atoms with E-state index in [2.05, 4.69) is 54.5 Å². The van der Waals surface area contributed by atoms with Gasteiger partial charge in [-0.25, -0.2) is 0 Å². The van der Waals surface area contributed by atoms with E-state index in [1.807, 2.05) is 5.57 Å². The fraction of sp³-hybridized carbons (Fsp3) is 0.897. The summed E-state index contributed by atoms with van der Waals surface area (Å²) in [6.45, 7) is 17.5. The number of hydrogen-bond acceptors (Lipinski definition) is 1. The smallest absolute Gasteiger partial charge is 0.138 e. The molecule has 0 aliphatic heterocycles. The number of allylic oxidation sites excluding steroid dienone is 2. The van der Waals surface area contributed by atoms with Gasteiger partial charge in [-0.05, 0) is 103 Å². The molecule has 2 unspecified atom stereocenters. The summed E-state index contributed by atoms with van der Waals surface area (Å²) in [5, 5.41) is 0. The maximum atomic E-state index is 12.9. The van der Waals surface area contributed by atoms with Gasteiger partial charge >= 0.3 is 0 Å². The normalized spacial score (nSPS) is 51.7. The first-order valence-corrected chi connectivity index (χ1v) is 13.1. The lowest BCUT2D eigenvalue weighted by Gasteiger charge is -2.69. The summed E-state index contributed by atoms with van der Waals surface area (Å²) in [6, 6.07) is 0. The quantitative estimate of drug-likeness (QED) is 0.370. The third-order valence-electron chi connectivity index (χ3n) is 12.2. The lowest BCUT2D eigenvalue weighted by Crippen LogP contribution is -2.63. The summed E-state index contributed by atoms with van der Waals surface area (Å²) in [7, 11) is 0. The Kier molecular flexibility index (Phi) is 4.43. The van der Waals surface area contributed by atoms with Gasteiger partial charge in [0, 0.05) is 11.8 Å². The SMILES string of the molecule is CC1(C)CC[C@@H]2CC[C@@]3(C)C(=CCC4[C@@]5(C)CCC(=O)C(C)(C)C5CC[C@]43C)[C@@H]2C1. The minimum Gasteiger partial charge on any atom is -0.299 e. The fourth-order valence-electron chi connectivity index (χ4n) is 10.2. The van der Waals surface area contributed by atoms with E-state index in [0.717, 1.165) is 30.6 Å². The van der Waals surface area contributed by atoms with Crippen molar-refractivity contribution in [3.63, 3.8) is 0 Å². The van der Waals surface area contributed by atoms with Crippen LogP contribution in [0.4, 0.5) is 0 Å². The number of carbonyl (C=O) groups is 1. The second kappa shape index (κ2) is 6.26. The number of ketones is 1. The summed E-state index contributed by atoms with van der Waals surface area (Å²) in [6.07, 6.45) is 15.6. The molecule has 0 saturated heterocycles. The summed E-state index contributed by atoms with van der Waals surface area (Å²) in [5.74, 6) is 3.60. The summed E-state index contributed by atoms with van der Waals surface area (Å²) in [4.78, 5) is 12.9. The molecule has 0 heterocycles. The average molecular weight is 411 g/mol. The van der Waals surface area contributed by atoms with Crippen LogP contribution in [0.25, 0.3) is 0 Å². The molecular weight excluding hydrogens is 364 g/mol. The number of rotatable bonds is 0. The largest absolute Gasteiger partial charge is 0.299 e. The molecule has 7 atom stereocenters. The molecule has 1 heteroatoms. The maximum absolute atomic E-state index is 12.9. The monoisotopic (exact) mass is 410 g/mol. The zero-order chi connectivity index (χ0) is 21.7. The van der Waals surface area contributed by atoms with E-state index < -0.39 is 0 Å². The zero-order valence-corrected chi connectivity index (χ0v) is 20.9. The van der Waals surface area contributed by atoms with Gasteiger partial charge in [0.25, 0.3) is 0 Å². The van der Waals surface area contributed by atoms with Crippen LogP contribution in [0, 0.1) is 50.7 Å². The Labute approximate surface area is 185 Å². The van der Waals surface area contributed by atoms with Crippen molar-refractivity contribution in [3.05, 3.63) is 11.6 Å². The molecule has 0 radical (unpaired) electrons. The zero-order valence-electron chi connectivity index (χ0n) is 20.9. The standard InChI is InChI=1S/C29H46O/c1-25(2)14-10-19-11-16-28(6)21(20(19)18-25)8-9-23-27(5)15-13-24(30)26(3,4)22(27)12-17-29(23,28)7/h8,19-20,22-23H,9-18H2,1-7H3/t19-,20-,22?,23?,27+,28+,29-/m1/s1. The molecule has 0 aromatic carbocycles. The van der Waals surface area contributed by atoms with Gasteiger partial charge in [0.1, 0.15) is 5.78 Å².